The summed E-state index contributed by atoms with van der Waals surface area (Å²) in [5, 5.41) is 18.0. The molecule has 1 saturated heterocycles. The summed E-state index contributed by atoms with van der Waals surface area (Å²) in [6.07, 6.45) is 0.367. The number of benzene rings is 1. The number of likely N-dealkylation sites (N-methyl/N-ethyl adjacent to an activating group) is 1. The second-order valence-electron chi connectivity index (χ2n) is 4.98. The van der Waals surface area contributed by atoms with Crippen LogP contribution in [0.2, 0.25) is 0 Å². The van der Waals surface area contributed by atoms with Gasteiger partial charge in [0.2, 0.25) is 5.91 Å². The van der Waals surface area contributed by atoms with E-state index < -0.39 is 7.12 Å². The van der Waals surface area contributed by atoms with Crippen molar-refractivity contribution in [1.29, 1.82) is 0 Å². The second-order valence-corrected chi connectivity index (χ2v) is 4.98. The van der Waals surface area contributed by atoms with Gasteiger partial charge in [0.15, 0.2) is 0 Å². The molecule has 2 rings (SSSR count). The minimum Gasteiger partial charge on any atom is -0.423 e. The molecule has 0 saturated carbocycles. The topological polar surface area (TPSA) is 64.0 Å². The van der Waals surface area contributed by atoms with E-state index in [1.807, 2.05) is 4.90 Å². The fourth-order valence-corrected chi connectivity index (χ4v) is 2.15. The molecule has 1 heterocycles. The lowest BCUT2D eigenvalue weighted by Crippen LogP contribution is -2.47. The van der Waals surface area contributed by atoms with Crippen molar-refractivity contribution < 1.29 is 14.8 Å². The third-order valence-electron chi connectivity index (χ3n) is 3.49. The molecule has 1 aliphatic heterocycles. The molecule has 6 heteroatoms. The molecule has 0 bridgehead atoms. The van der Waals surface area contributed by atoms with Gasteiger partial charge in [0.05, 0.1) is 6.42 Å². The average molecular weight is 262 g/mol. The van der Waals surface area contributed by atoms with Crippen LogP contribution in [0.1, 0.15) is 5.56 Å². The third-order valence-corrected chi connectivity index (χ3v) is 3.49. The van der Waals surface area contributed by atoms with Crippen LogP contribution < -0.4 is 5.46 Å². The van der Waals surface area contributed by atoms with Crippen molar-refractivity contribution in [1.82, 2.24) is 9.80 Å². The number of carbonyl (C=O) groups is 1. The van der Waals surface area contributed by atoms with Crippen molar-refractivity contribution in [2.24, 2.45) is 0 Å². The first-order chi connectivity index (χ1) is 9.06. The van der Waals surface area contributed by atoms with Gasteiger partial charge < -0.3 is 19.8 Å². The third kappa shape index (κ3) is 3.80. The molecule has 5 nitrogen and oxygen atoms in total. The summed E-state index contributed by atoms with van der Waals surface area (Å²) < 4.78 is 0. The van der Waals surface area contributed by atoms with E-state index in [2.05, 4.69) is 11.9 Å². The number of piperazine rings is 1. The molecule has 1 amide bonds. The molecule has 19 heavy (non-hydrogen) atoms. The summed E-state index contributed by atoms with van der Waals surface area (Å²) in [4.78, 5) is 16.2. The number of rotatable bonds is 3. The predicted molar refractivity (Wildman–Crippen MR) is 74.0 cm³/mol. The zero-order valence-electron chi connectivity index (χ0n) is 11.1. The van der Waals surface area contributed by atoms with Crippen LogP contribution in [0.3, 0.4) is 0 Å². The molecular formula is C13H19BN2O3. The molecule has 0 radical (unpaired) electrons. The fraction of sp³-hybridized carbons (Fsp3) is 0.462. The van der Waals surface area contributed by atoms with Crippen molar-refractivity contribution in [3.63, 3.8) is 0 Å². The van der Waals surface area contributed by atoms with Gasteiger partial charge in [0.1, 0.15) is 0 Å². The molecule has 0 atom stereocenters. The van der Waals surface area contributed by atoms with Gasteiger partial charge >= 0.3 is 7.12 Å². The first kappa shape index (κ1) is 14.1. The van der Waals surface area contributed by atoms with Gasteiger partial charge in [0, 0.05) is 26.2 Å². The van der Waals surface area contributed by atoms with Crippen LogP contribution in [0.4, 0.5) is 0 Å². The fourth-order valence-electron chi connectivity index (χ4n) is 2.15. The maximum absolute atomic E-state index is 12.1. The van der Waals surface area contributed by atoms with Crippen LogP contribution in [0.15, 0.2) is 24.3 Å². The molecule has 102 valence electrons. The zero-order valence-corrected chi connectivity index (χ0v) is 11.1. The molecule has 1 aromatic carbocycles. The highest BCUT2D eigenvalue weighted by Gasteiger charge is 2.19. The molecule has 0 spiro atoms. The summed E-state index contributed by atoms with van der Waals surface area (Å²) >= 11 is 0. The van der Waals surface area contributed by atoms with E-state index in [-0.39, 0.29) is 5.91 Å². The van der Waals surface area contributed by atoms with Crippen LogP contribution in [-0.4, -0.2) is 66.1 Å². The molecule has 0 unspecified atom stereocenters. The SMILES string of the molecule is CN1CCN(C(=O)Cc2ccc(B(O)O)cc2)CC1. The normalized spacial score (nSPS) is 16.5. The van der Waals surface area contributed by atoms with Gasteiger partial charge in [-0.05, 0) is 18.1 Å². The second kappa shape index (κ2) is 6.19. The standard InChI is InChI=1S/C13H19BN2O3/c1-15-6-8-16(9-7-15)13(17)10-11-2-4-12(5-3-11)14(18)19/h2-5,18-19H,6-10H2,1H3. The van der Waals surface area contributed by atoms with E-state index in [0.29, 0.717) is 11.9 Å². The summed E-state index contributed by atoms with van der Waals surface area (Å²) in [7, 11) is 0.600. The van der Waals surface area contributed by atoms with E-state index in [1.165, 1.54) is 0 Å². The lowest BCUT2D eigenvalue weighted by molar-refractivity contribution is -0.132. The summed E-state index contributed by atoms with van der Waals surface area (Å²) in [5.74, 6) is 0.130. The minimum absolute atomic E-state index is 0.130. The number of nitrogens with zero attached hydrogens (tertiary/aromatic N) is 2. The highest BCUT2D eigenvalue weighted by atomic mass is 16.4. The van der Waals surface area contributed by atoms with Crippen molar-refractivity contribution in [3.05, 3.63) is 29.8 Å². The van der Waals surface area contributed by atoms with Crippen molar-refractivity contribution in [2.75, 3.05) is 33.2 Å². The molecule has 2 N–H and O–H groups in total. The highest BCUT2D eigenvalue weighted by molar-refractivity contribution is 6.58. The Morgan fingerprint density at radius 2 is 1.74 bits per heavy atom. The van der Waals surface area contributed by atoms with E-state index in [1.54, 1.807) is 24.3 Å². The molecule has 1 fully saturated rings. The molecule has 0 aliphatic carbocycles. The van der Waals surface area contributed by atoms with Gasteiger partial charge in [-0.3, -0.25) is 4.79 Å². The smallest absolute Gasteiger partial charge is 0.423 e. The van der Waals surface area contributed by atoms with E-state index in [9.17, 15) is 4.79 Å². The van der Waals surface area contributed by atoms with Crippen molar-refractivity contribution in [2.45, 2.75) is 6.42 Å². The van der Waals surface area contributed by atoms with Crippen molar-refractivity contribution >= 4 is 18.5 Å². The Labute approximate surface area is 113 Å². The highest BCUT2D eigenvalue weighted by Crippen LogP contribution is 2.05. The quantitative estimate of drug-likeness (QED) is 0.663. The zero-order chi connectivity index (χ0) is 13.8. The Morgan fingerprint density at radius 3 is 2.26 bits per heavy atom. The van der Waals surface area contributed by atoms with E-state index in [4.69, 9.17) is 10.0 Å². The van der Waals surface area contributed by atoms with Gasteiger partial charge in [0.25, 0.3) is 0 Å². The van der Waals surface area contributed by atoms with Gasteiger partial charge in [-0.25, -0.2) is 0 Å². The van der Waals surface area contributed by atoms with Crippen LogP contribution in [0.25, 0.3) is 0 Å². The monoisotopic (exact) mass is 262 g/mol. The Balaban J connectivity index is 1.91. The van der Waals surface area contributed by atoms with Crippen LogP contribution >= 0.6 is 0 Å². The number of hydrogen-bond acceptors (Lipinski definition) is 4. The summed E-state index contributed by atoms with van der Waals surface area (Å²) in [6, 6.07) is 6.81. The number of amides is 1. The van der Waals surface area contributed by atoms with Gasteiger partial charge in [-0.2, -0.15) is 0 Å². The maximum Gasteiger partial charge on any atom is 0.488 e. The molecule has 1 aliphatic rings. The van der Waals surface area contributed by atoms with Crippen LogP contribution in [0.5, 0.6) is 0 Å². The van der Waals surface area contributed by atoms with Gasteiger partial charge in [-0.1, -0.05) is 24.3 Å². The summed E-state index contributed by atoms with van der Waals surface area (Å²) in [5.41, 5.74) is 1.34. The molecule has 1 aromatic rings. The lowest BCUT2D eigenvalue weighted by Gasteiger charge is -2.32. The largest absolute Gasteiger partial charge is 0.488 e. The number of carbonyl (C=O) groups excluding carboxylic acids is 1. The Kier molecular flexibility index (Phi) is 4.58. The predicted octanol–water partition coefficient (Wildman–Crippen LogP) is -1.32. The maximum atomic E-state index is 12.1. The van der Waals surface area contributed by atoms with E-state index in [0.717, 1.165) is 31.7 Å². The Morgan fingerprint density at radius 1 is 1.16 bits per heavy atom. The van der Waals surface area contributed by atoms with Crippen LogP contribution in [0, 0.1) is 0 Å². The Bertz CT molecular complexity index is 428. The number of hydrogen-bond donors (Lipinski definition) is 2. The van der Waals surface area contributed by atoms with Crippen molar-refractivity contribution in [3.8, 4) is 0 Å². The van der Waals surface area contributed by atoms with Gasteiger partial charge in [-0.15, -0.1) is 0 Å². The average Bonchev–Trinajstić information content (AvgIpc) is 2.40. The van der Waals surface area contributed by atoms with E-state index >= 15 is 0 Å². The lowest BCUT2D eigenvalue weighted by atomic mass is 9.80. The summed E-state index contributed by atoms with van der Waals surface area (Å²) in [6.45, 7) is 3.40. The first-order valence-corrected chi connectivity index (χ1v) is 6.47. The van der Waals surface area contributed by atoms with Crippen LogP contribution in [-0.2, 0) is 11.2 Å². The molecular weight excluding hydrogens is 243 g/mol. The minimum atomic E-state index is -1.46. The first-order valence-electron chi connectivity index (χ1n) is 6.47. The molecule has 0 aromatic heterocycles. The Hall–Kier alpha value is -1.37.